The topological polar surface area (TPSA) is 18.5 Å². The predicted molar refractivity (Wildman–Crippen MR) is 65.2 cm³/mol. The van der Waals surface area contributed by atoms with Crippen LogP contribution in [0.1, 0.15) is 46.0 Å². The summed E-state index contributed by atoms with van der Waals surface area (Å²) in [6.45, 7) is 10.1. The third-order valence-corrected chi connectivity index (χ3v) is 4.26. The van der Waals surface area contributed by atoms with Gasteiger partial charge in [0.1, 0.15) is 0 Å². The maximum absolute atomic E-state index is 5.84. The molecule has 1 spiro atoms. The number of hydrogen-bond donors (Lipinski definition) is 0. The van der Waals surface area contributed by atoms with Crippen molar-refractivity contribution in [2.45, 2.75) is 51.7 Å². The van der Waals surface area contributed by atoms with E-state index in [1.165, 1.54) is 12.8 Å². The Hall–Kier alpha value is -0.340. The quantitative estimate of drug-likeness (QED) is 0.683. The van der Waals surface area contributed by atoms with Crippen molar-refractivity contribution in [2.75, 3.05) is 13.2 Å². The molecule has 92 valence electrons. The van der Waals surface area contributed by atoms with Crippen LogP contribution in [-0.4, -0.2) is 19.0 Å². The highest BCUT2D eigenvalue weighted by Crippen LogP contribution is 2.47. The summed E-state index contributed by atoms with van der Waals surface area (Å²) in [4.78, 5) is 0. The molecule has 2 nitrogen and oxygen atoms in total. The second kappa shape index (κ2) is 4.50. The smallest absolute Gasteiger partial charge is 0.168 e. The molecular formula is C14H24O2. The first-order valence-corrected chi connectivity index (χ1v) is 6.47. The predicted octanol–water partition coefficient (Wildman–Crippen LogP) is 3.52. The van der Waals surface area contributed by atoms with Crippen molar-refractivity contribution in [1.82, 2.24) is 0 Å². The van der Waals surface area contributed by atoms with Gasteiger partial charge in [0.25, 0.3) is 0 Å². The van der Waals surface area contributed by atoms with Crippen LogP contribution in [0.15, 0.2) is 12.7 Å². The largest absolute Gasteiger partial charge is 0.348 e. The molecule has 0 aromatic carbocycles. The molecule has 2 aliphatic rings. The van der Waals surface area contributed by atoms with Gasteiger partial charge in [0.2, 0.25) is 0 Å². The van der Waals surface area contributed by atoms with Crippen molar-refractivity contribution in [3.8, 4) is 0 Å². The van der Waals surface area contributed by atoms with Crippen LogP contribution in [0.2, 0.25) is 0 Å². The van der Waals surface area contributed by atoms with Crippen molar-refractivity contribution in [1.29, 1.82) is 0 Å². The fourth-order valence-corrected chi connectivity index (χ4v) is 3.16. The summed E-state index contributed by atoms with van der Waals surface area (Å²) < 4.78 is 11.7. The lowest BCUT2D eigenvalue weighted by Crippen LogP contribution is -2.41. The normalized spacial score (nSPS) is 29.5. The lowest BCUT2D eigenvalue weighted by Gasteiger charge is -2.43. The molecule has 0 bridgehead atoms. The Morgan fingerprint density at radius 1 is 1.38 bits per heavy atom. The average Bonchev–Trinajstić information content (AvgIpc) is 2.66. The monoisotopic (exact) mass is 224 g/mol. The third-order valence-electron chi connectivity index (χ3n) is 4.26. The highest BCUT2D eigenvalue weighted by Gasteiger charge is 2.45. The molecule has 1 aliphatic carbocycles. The van der Waals surface area contributed by atoms with E-state index in [1.54, 1.807) is 0 Å². The molecule has 0 aromatic rings. The summed E-state index contributed by atoms with van der Waals surface area (Å²) >= 11 is 0. The first kappa shape index (κ1) is 12.1. The number of rotatable bonds is 3. The van der Waals surface area contributed by atoms with Gasteiger partial charge in [0.15, 0.2) is 5.79 Å². The van der Waals surface area contributed by atoms with E-state index in [-0.39, 0.29) is 5.79 Å². The van der Waals surface area contributed by atoms with Crippen LogP contribution in [0.3, 0.4) is 0 Å². The van der Waals surface area contributed by atoms with Gasteiger partial charge in [-0.3, -0.25) is 0 Å². The highest BCUT2D eigenvalue weighted by atomic mass is 16.7. The number of allylic oxidation sites excluding steroid dienone is 1. The Bertz CT molecular complexity index is 251. The number of hydrogen-bond acceptors (Lipinski definition) is 2. The first-order valence-electron chi connectivity index (χ1n) is 6.47. The maximum Gasteiger partial charge on any atom is 0.168 e. The summed E-state index contributed by atoms with van der Waals surface area (Å²) in [7, 11) is 0. The molecule has 1 unspecified atom stereocenters. The molecule has 2 fully saturated rings. The van der Waals surface area contributed by atoms with Crippen molar-refractivity contribution in [3.63, 3.8) is 0 Å². The highest BCUT2D eigenvalue weighted by molar-refractivity contribution is 4.92. The fraction of sp³-hybridized carbons (Fsp3) is 0.857. The van der Waals surface area contributed by atoms with E-state index >= 15 is 0 Å². The Morgan fingerprint density at radius 2 is 2.06 bits per heavy atom. The molecule has 1 saturated heterocycles. The van der Waals surface area contributed by atoms with E-state index < -0.39 is 0 Å². The molecule has 1 aliphatic heterocycles. The molecule has 0 N–H and O–H groups in total. The Kier molecular flexibility index (Phi) is 3.41. The van der Waals surface area contributed by atoms with Gasteiger partial charge in [0, 0.05) is 12.8 Å². The second-order valence-electron chi connectivity index (χ2n) is 5.88. The molecule has 1 saturated carbocycles. The molecule has 0 aromatic heterocycles. The zero-order valence-corrected chi connectivity index (χ0v) is 10.6. The Balaban J connectivity index is 2.03. The van der Waals surface area contributed by atoms with Crippen molar-refractivity contribution >= 4 is 0 Å². The van der Waals surface area contributed by atoms with Crippen molar-refractivity contribution in [3.05, 3.63) is 12.7 Å². The van der Waals surface area contributed by atoms with Crippen LogP contribution in [0.5, 0.6) is 0 Å². The Morgan fingerprint density at radius 3 is 2.69 bits per heavy atom. The molecule has 0 amide bonds. The summed E-state index contributed by atoms with van der Waals surface area (Å²) in [6, 6.07) is 0. The summed E-state index contributed by atoms with van der Waals surface area (Å²) in [5, 5.41) is 0. The van der Waals surface area contributed by atoms with E-state index in [4.69, 9.17) is 9.47 Å². The van der Waals surface area contributed by atoms with Crippen LogP contribution in [0, 0.1) is 11.3 Å². The van der Waals surface area contributed by atoms with E-state index in [0.717, 1.165) is 32.5 Å². The van der Waals surface area contributed by atoms with Gasteiger partial charge < -0.3 is 9.47 Å². The minimum atomic E-state index is -0.235. The molecule has 1 atom stereocenters. The molecule has 0 radical (unpaired) electrons. The molecule has 2 rings (SSSR count). The minimum Gasteiger partial charge on any atom is -0.348 e. The summed E-state index contributed by atoms with van der Waals surface area (Å²) in [6.07, 6.45) is 7.79. The van der Waals surface area contributed by atoms with Gasteiger partial charge in [-0.2, -0.15) is 0 Å². The van der Waals surface area contributed by atoms with Gasteiger partial charge >= 0.3 is 0 Å². The lowest BCUT2D eigenvalue weighted by molar-refractivity contribution is -0.195. The van der Waals surface area contributed by atoms with E-state index in [1.807, 2.05) is 6.08 Å². The Labute approximate surface area is 99.0 Å². The zero-order chi connectivity index (χ0) is 11.6. The van der Waals surface area contributed by atoms with E-state index in [2.05, 4.69) is 20.4 Å². The average molecular weight is 224 g/mol. The van der Waals surface area contributed by atoms with Crippen LogP contribution in [0.25, 0.3) is 0 Å². The van der Waals surface area contributed by atoms with Crippen LogP contribution < -0.4 is 0 Å². The zero-order valence-electron chi connectivity index (χ0n) is 10.6. The third kappa shape index (κ3) is 2.33. The molecule has 1 heterocycles. The van der Waals surface area contributed by atoms with Gasteiger partial charge in [-0.1, -0.05) is 19.9 Å². The molecule has 2 heteroatoms. The van der Waals surface area contributed by atoms with Gasteiger partial charge in [-0.05, 0) is 30.6 Å². The van der Waals surface area contributed by atoms with Crippen molar-refractivity contribution < 1.29 is 9.47 Å². The van der Waals surface area contributed by atoms with E-state index in [0.29, 0.717) is 11.3 Å². The lowest BCUT2D eigenvalue weighted by atomic mass is 9.68. The standard InChI is InChI=1S/C14H24O2/c1-4-7-13(2,3)12-6-5-8-14(11-12)15-9-10-16-14/h4,12H,1,5-11H2,2-3H3. The SMILES string of the molecule is C=CCC(C)(C)C1CCCC2(C1)OCCO2. The summed E-state index contributed by atoms with van der Waals surface area (Å²) in [5.74, 6) is 0.457. The van der Waals surface area contributed by atoms with Gasteiger partial charge in [-0.25, -0.2) is 0 Å². The van der Waals surface area contributed by atoms with Gasteiger partial charge in [-0.15, -0.1) is 6.58 Å². The fourth-order valence-electron chi connectivity index (χ4n) is 3.16. The second-order valence-corrected chi connectivity index (χ2v) is 5.88. The number of ether oxygens (including phenoxy) is 2. The van der Waals surface area contributed by atoms with Crippen LogP contribution >= 0.6 is 0 Å². The molecular weight excluding hydrogens is 200 g/mol. The first-order chi connectivity index (χ1) is 7.58. The minimum absolute atomic E-state index is 0.235. The van der Waals surface area contributed by atoms with Gasteiger partial charge in [0.05, 0.1) is 13.2 Å². The van der Waals surface area contributed by atoms with Crippen LogP contribution in [0.4, 0.5) is 0 Å². The van der Waals surface area contributed by atoms with E-state index in [9.17, 15) is 0 Å². The van der Waals surface area contributed by atoms with Crippen LogP contribution in [-0.2, 0) is 9.47 Å². The molecule has 16 heavy (non-hydrogen) atoms. The maximum atomic E-state index is 5.84. The summed E-state index contributed by atoms with van der Waals surface area (Å²) in [5.41, 5.74) is 0.324. The van der Waals surface area contributed by atoms with Crippen molar-refractivity contribution in [2.24, 2.45) is 11.3 Å².